The molecule has 0 aliphatic carbocycles. The molecule has 0 aliphatic heterocycles. The van der Waals surface area contributed by atoms with Crippen molar-refractivity contribution in [3.63, 3.8) is 0 Å². The van der Waals surface area contributed by atoms with Crippen molar-refractivity contribution in [2.75, 3.05) is 0 Å². The molecular formula is C13H8F3NO5S. The number of nitrogens with zero attached hydrogens (tertiary/aromatic N) is 1. The molecule has 0 aromatic heterocycles. The highest BCUT2D eigenvalue weighted by molar-refractivity contribution is 7.87. The Labute approximate surface area is 128 Å². The van der Waals surface area contributed by atoms with Crippen LogP contribution in [0.1, 0.15) is 5.56 Å². The van der Waals surface area contributed by atoms with Crippen LogP contribution in [0.2, 0.25) is 0 Å². The van der Waals surface area contributed by atoms with E-state index in [1.165, 1.54) is 0 Å². The topological polar surface area (TPSA) is 86.5 Å². The number of non-ortho nitro benzene ring substituents is 1. The Morgan fingerprint density at radius 3 is 2.17 bits per heavy atom. The van der Waals surface area contributed by atoms with Crippen LogP contribution in [-0.2, 0) is 16.3 Å². The third-order valence-electron chi connectivity index (χ3n) is 2.70. The van der Waals surface area contributed by atoms with Crippen molar-refractivity contribution in [1.29, 1.82) is 0 Å². The molecule has 10 heteroatoms. The molecule has 0 fully saturated rings. The van der Waals surface area contributed by atoms with Gasteiger partial charge in [0.25, 0.3) is 5.69 Å². The molecule has 23 heavy (non-hydrogen) atoms. The van der Waals surface area contributed by atoms with E-state index in [1.807, 2.05) is 0 Å². The van der Waals surface area contributed by atoms with Crippen LogP contribution in [0, 0.1) is 10.1 Å². The number of alkyl halides is 3. The third-order valence-corrected chi connectivity index (χ3v) is 3.95. The van der Waals surface area contributed by atoms with Crippen LogP contribution < -0.4 is 4.18 Å². The minimum Gasteiger partial charge on any atom is -0.379 e. The van der Waals surface area contributed by atoms with Gasteiger partial charge in [-0.1, -0.05) is 6.07 Å². The number of rotatable bonds is 4. The summed E-state index contributed by atoms with van der Waals surface area (Å²) in [5.74, 6) is -0.256. The summed E-state index contributed by atoms with van der Waals surface area (Å²) < 4.78 is 66.4. The Morgan fingerprint density at radius 2 is 1.65 bits per heavy atom. The monoisotopic (exact) mass is 347 g/mol. The summed E-state index contributed by atoms with van der Waals surface area (Å²) >= 11 is 0. The zero-order chi connectivity index (χ0) is 17.3. The fourth-order valence-electron chi connectivity index (χ4n) is 1.63. The molecule has 0 spiro atoms. The molecule has 2 aromatic carbocycles. The predicted octanol–water partition coefficient (Wildman–Crippen LogP) is 3.38. The third kappa shape index (κ3) is 3.97. The maximum atomic E-state index is 12.6. The predicted molar refractivity (Wildman–Crippen MR) is 72.4 cm³/mol. The SMILES string of the molecule is O=[N+]([O-])c1ccc(OS(=O)(=O)c2cccc(C(F)(F)F)c2)cc1. The highest BCUT2D eigenvalue weighted by atomic mass is 32.2. The summed E-state index contributed by atoms with van der Waals surface area (Å²) in [7, 11) is -4.50. The molecule has 0 atom stereocenters. The van der Waals surface area contributed by atoms with E-state index in [4.69, 9.17) is 0 Å². The number of hydrogen-bond donors (Lipinski definition) is 0. The van der Waals surface area contributed by atoms with E-state index in [-0.39, 0.29) is 11.4 Å². The lowest BCUT2D eigenvalue weighted by molar-refractivity contribution is -0.384. The fourth-order valence-corrected chi connectivity index (χ4v) is 2.60. The Morgan fingerprint density at radius 1 is 1.04 bits per heavy atom. The first-order chi connectivity index (χ1) is 10.6. The number of nitro benzene ring substituents is 1. The lowest BCUT2D eigenvalue weighted by Crippen LogP contribution is -2.12. The minimum absolute atomic E-state index is 0.256. The molecular weight excluding hydrogens is 339 g/mol. The van der Waals surface area contributed by atoms with Crippen molar-refractivity contribution in [2.24, 2.45) is 0 Å². The van der Waals surface area contributed by atoms with Crippen molar-refractivity contribution in [2.45, 2.75) is 11.1 Å². The van der Waals surface area contributed by atoms with E-state index < -0.39 is 31.7 Å². The molecule has 0 heterocycles. The van der Waals surface area contributed by atoms with Crippen molar-refractivity contribution in [3.8, 4) is 5.75 Å². The van der Waals surface area contributed by atoms with Crippen LogP contribution in [-0.4, -0.2) is 13.3 Å². The van der Waals surface area contributed by atoms with Crippen molar-refractivity contribution in [1.82, 2.24) is 0 Å². The quantitative estimate of drug-likeness (QED) is 0.481. The summed E-state index contributed by atoms with van der Waals surface area (Å²) in [5.41, 5.74) is -1.42. The molecule has 0 saturated heterocycles. The fraction of sp³-hybridized carbons (Fsp3) is 0.0769. The van der Waals surface area contributed by atoms with Gasteiger partial charge in [-0.15, -0.1) is 0 Å². The summed E-state index contributed by atoms with van der Waals surface area (Å²) in [6.07, 6.45) is -4.70. The molecule has 122 valence electrons. The number of hydrogen-bond acceptors (Lipinski definition) is 5. The Hall–Kier alpha value is -2.62. The van der Waals surface area contributed by atoms with Gasteiger partial charge in [0.15, 0.2) is 0 Å². The van der Waals surface area contributed by atoms with Gasteiger partial charge in [-0.3, -0.25) is 10.1 Å². The van der Waals surface area contributed by atoms with Crippen LogP contribution in [0.15, 0.2) is 53.4 Å². The number of nitro groups is 1. The highest BCUT2D eigenvalue weighted by Gasteiger charge is 2.32. The van der Waals surface area contributed by atoms with Gasteiger partial charge < -0.3 is 4.18 Å². The molecule has 0 bridgehead atoms. The molecule has 0 aliphatic rings. The zero-order valence-electron chi connectivity index (χ0n) is 11.1. The van der Waals surface area contributed by atoms with Gasteiger partial charge in [0.1, 0.15) is 10.6 Å². The summed E-state index contributed by atoms with van der Waals surface area (Å²) in [5, 5.41) is 10.5. The Kier molecular flexibility index (Phi) is 4.28. The van der Waals surface area contributed by atoms with Gasteiger partial charge in [-0.05, 0) is 30.3 Å². The van der Waals surface area contributed by atoms with Gasteiger partial charge in [0.2, 0.25) is 0 Å². The van der Waals surface area contributed by atoms with Gasteiger partial charge in [0, 0.05) is 12.1 Å². The van der Waals surface area contributed by atoms with Gasteiger partial charge in [-0.25, -0.2) is 0 Å². The van der Waals surface area contributed by atoms with E-state index >= 15 is 0 Å². The van der Waals surface area contributed by atoms with Gasteiger partial charge >= 0.3 is 16.3 Å². The first-order valence-corrected chi connectivity index (χ1v) is 7.36. The Bertz CT molecular complexity index is 831. The average molecular weight is 347 g/mol. The average Bonchev–Trinajstić information content (AvgIpc) is 2.46. The minimum atomic E-state index is -4.70. The maximum Gasteiger partial charge on any atom is 0.416 e. The molecule has 0 N–H and O–H groups in total. The molecule has 0 unspecified atom stereocenters. The first-order valence-electron chi connectivity index (χ1n) is 5.96. The summed E-state index contributed by atoms with van der Waals surface area (Å²) in [6.45, 7) is 0. The molecule has 0 amide bonds. The molecule has 2 aromatic rings. The van der Waals surface area contributed by atoms with Gasteiger partial charge in [0.05, 0.1) is 10.5 Å². The molecule has 2 rings (SSSR count). The standard InChI is InChI=1S/C13H8F3NO5S/c14-13(15,16)9-2-1-3-12(8-9)23(20,21)22-11-6-4-10(5-7-11)17(18)19/h1-8H. The van der Waals surface area contributed by atoms with E-state index in [0.717, 1.165) is 42.5 Å². The molecule has 6 nitrogen and oxygen atoms in total. The normalized spacial score (nSPS) is 12.0. The van der Waals surface area contributed by atoms with Crippen LogP contribution in [0.5, 0.6) is 5.75 Å². The summed E-state index contributed by atoms with van der Waals surface area (Å²) in [6, 6.07) is 7.15. The second-order valence-electron chi connectivity index (χ2n) is 4.31. The molecule has 0 saturated carbocycles. The first kappa shape index (κ1) is 16.7. The van der Waals surface area contributed by atoms with E-state index in [2.05, 4.69) is 4.18 Å². The van der Waals surface area contributed by atoms with E-state index in [9.17, 15) is 31.7 Å². The second kappa shape index (κ2) is 5.88. The lowest BCUT2D eigenvalue weighted by Gasteiger charge is -2.10. The summed E-state index contributed by atoms with van der Waals surface area (Å²) in [4.78, 5) is 9.13. The van der Waals surface area contributed by atoms with Gasteiger partial charge in [-0.2, -0.15) is 21.6 Å². The van der Waals surface area contributed by atoms with Crippen LogP contribution in [0.3, 0.4) is 0 Å². The lowest BCUT2D eigenvalue weighted by atomic mass is 10.2. The zero-order valence-corrected chi connectivity index (χ0v) is 12.0. The van der Waals surface area contributed by atoms with Crippen LogP contribution >= 0.6 is 0 Å². The van der Waals surface area contributed by atoms with E-state index in [0.29, 0.717) is 6.07 Å². The number of halogens is 3. The van der Waals surface area contributed by atoms with Crippen LogP contribution in [0.25, 0.3) is 0 Å². The van der Waals surface area contributed by atoms with Crippen molar-refractivity contribution < 1.29 is 30.7 Å². The number of benzene rings is 2. The van der Waals surface area contributed by atoms with Crippen molar-refractivity contribution >= 4 is 15.8 Å². The maximum absolute atomic E-state index is 12.6. The largest absolute Gasteiger partial charge is 0.416 e. The molecule has 0 radical (unpaired) electrons. The smallest absolute Gasteiger partial charge is 0.379 e. The van der Waals surface area contributed by atoms with Crippen molar-refractivity contribution in [3.05, 3.63) is 64.2 Å². The van der Waals surface area contributed by atoms with Crippen LogP contribution in [0.4, 0.5) is 18.9 Å². The highest BCUT2D eigenvalue weighted by Crippen LogP contribution is 2.31. The van der Waals surface area contributed by atoms with E-state index in [1.54, 1.807) is 0 Å². The Balaban J connectivity index is 2.30. The second-order valence-corrected chi connectivity index (χ2v) is 5.86.